The zero-order valence-electron chi connectivity index (χ0n) is 13.1. The van der Waals surface area contributed by atoms with Gasteiger partial charge in [-0.3, -0.25) is 0 Å². The number of thiazole rings is 1. The van der Waals surface area contributed by atoms with E-state index in [-0.39, 0.29) is 12.1 Å². The minimum absolute atomic E-state index is 0.00189. The molecule has 0 aliphatic carbocycles. The van der Waals surface area contributed by atoms with Crippen molar-refractivity contribution in [2.75, 3.05) is 19.0 Å². The molecule has 22 heavy (non-hydrogen) atoms. The molecule has 5 nitrogen and oxygen atoms in total. The van der Waals surface area contributed by atoms with Crippen LogP contribution in [0.25, 0.3) is 0 Å². The number of rotatable bonds is 6. The summed E-state index contributed by atoms with van der Waals surface area (Å²) in [7, 11) is 1.66. The highest BCUT2D eigenvalue weighted by molar-refractivity contribution is 7.11. The molecular weight excluding hydrogens is 298 g/mol. The zero-order chi connectivity index (χ0) is 15.9. The third kappa shape index (κ3) is 4.82. The minimum atomic E-state index is -0.213. The smallest absolute Gasteiger partial charge is 0.319 e. The maximum Gasteiger partial charge on any atom is 0.319 e. The fourth-order valence-electron chi connectivity index (χ4n) is 1.98. The quantitative estimate of drug-likeness (QED) is 0.856. The molecule has 0 spiro atoms. The molecule has 118 valence electrons. The second kappa shape index (κ2) is 7.91. The van der Waals surface area contributed by atoms with Crippen LogP contribution in [0.1, 0.15) is 28.5 Å². The average molecular weight is 319 g/mol. The molecule has 0 aliphatic rings. The highest BCUT2D eigenvalue weighted by Gasteiger charge is 2.06. The summed E-state index contributed by atoms with van der Waals surface area (Å²) in [6.45, 7) is 4.55. The molecule has 1 heterocycles. The van der Waals surface area contributed by atoms with Crippen LogP contribution in [0, 0.1) is 6.92 Å². The monoisotopic (exact) mass is 319 g/mol. The number of carbonyl (C=O) groups excluding carboxylic acids is 1. The van der Waals surface area contributed by atoms with Gasteiger partial charge in [0.1, 0.15) is 0 Å². The van der Waals surface area contributed by atoms with E-state index in [2.05, 4.69) is 15.6 Å². The van der Waals surface area contributed by atoms with E-state index in [1.165, 1.54) is 4.88 Å². The predicted octanol–water partition coefficient (Wildman–Crippen LogP) is 3.52. The van der Waals surface area contributed by atoms with Gasteiger partial charge < -0.3 is 15.4 Å². The lowest BCUT2D eigenvalue weighted by Crippen LogP contribution is -2.30. The SMILES string of the molecule is CO[C@H](C)c1cccc(NC(=O)NCCc2ncc(C)s2)c1. The largest absolute Gasteiger partial charge is 0.377 e. The van der Waals surface area contributed by atoms with Gasteiger partial charge in [-0.1, -0.05) is 12.1 Å². The lowest BCUT2D eigenvalue weighted by molar-refractivity contribution is 0.119. The molecule has 2 rings (SSSR count). The van der Waals surface area contributed by atoms with Crippen LogP contribution in [0.15, 0.2) is 30.5 Å². The molecule has 1 atom stereocenters. The number of aromatic nitrogens is 1. The molecule has 0 saturated carbocycles. The van der Waals surface area contributed by atoms with Gasteiger partial charge in [0.2, 0.25) is 0 Å². The number of hydrogen-bond donors (Lipinski definition) is 2. The van der Waals surface area contributed by atoms with E-state index >= 15 is 0 Å². The Balaban J connectivity index is 1.81. The number of nitrogens with one attached hydrogen (secondary N) is 2. The third-order valence-corrected chi connectivity index (χ3v) is 4.23. The predicted molar refractivity (Wildman–Crippen MR) is 89.4 cm³/mol. The molecule has 0 fully saturated rings. The van der Waals surface area contributed by atoms with Gasteiger partial charge in [0.15, 0.2) is 0 Å². The number of benzene rings is 1. The Morgan fingerprint density at radius 1 is 1.45 bits per heavy atom. The Hall–Kier alpha value is -1.92. The average Bonchev–Trinajstić information content (AvgIpc) is 2.92. The maximum absolute atomic E-state index is 11.9. The number of hydrogen-bond acceptors (Lipinski definition) is 4. The summed E-state index contributed by atoms with van der Waals surface area (Å²) < 4.78 is 5.28. The Morgan fingerprint density at radius 3 is 2.95 bits per heavy atom. The summed E-state index contributed by atoms with van der Waals surface area (Å²) >= 11 is 1.65. The molecule has 1 aromatic carbocycles. The number of amides is 2. The highest BCUT2D eigenvalue weighted by Crippen LogP contribution is 2.19. The van der Waals surface area contributed by atoms with Crippen LogP contribution in [-0.2, 0) is 11.2 Å². The first kappa shape index (κ1) is 16.5. The van der Waals surface area contributed by atoms with Gasteiger partial charge in [0, 0.05) is 36.8 Å². The van der Waals surface area contributed by atoms with Crippen LogP contribution in [-0.4, -0.2) is 24.7 Å². The summed E-state index contributed by atoms with van der Waals surface area (Å²) in [5.41, 5.74) is 1.78. The molecule has 0 unspecified atom stereocenters. The third-order valence-electron chi connectivity index (χ3n) is 3.26. The van der Waals surface area contributed by atoms with Crippen molar-refractivity contribution in [1.29, 1.82) is 0 Å². The van der Waals surface area contributed by atoms with Crippen LogP contribution in [0.5, 0.6) is 0 Å². The van der Waals surface area contributed by atoms with Crippen molar-refractivity contribution < 1.29 is 9.53 Å². The van der Waals surface area contributed by atoms with Crippen molar-refractivity contribution in [3.63, 3.8) is 0 Å². The fourth-order valence-corrected chi connectivity index (χ4v) is 2.77. The molecule has 2 aromatic rings. The second-order valence-corrected chi connectivity index (χ2v) is 6.32. The lowest BCUT2D eigenvalue weighted by atomic mass is 10.1. The van der Waals surface area contributed by atoms with Gasteiger partial charge in [0.05, 0.1) is 11.1 Å². The van der Waals surface area contributed by atoms with Crippen molar-refractivity contribution in [2.45, 2.75) is 26.4 Å². The summed E-state index contributed by atoms with van der Waals surface area (Å²) in [6, 6.07) is 7.43. The Morgan fingerprint density at radius 2 is 2.27 bits per heavy atom. The number of ether oxygens (including phenoxy) is 1. The molecule has 0 radical (unpaired) electrons. The van der Waals surface area contributed by atoms with Crippen LogP contribution in [0.2, 0.25) is 0 Å². The molecule has 2 N–H and O–H groups in total. The van der Waals surface area contributed by atoms with Crippen molar-refractivity contribution in [2.24, 2.45) is 0 Å². The van der Waals surface area contributed by atoms with Gasteiger partial charge in [-0.25, -0.2) is 9.78 Å². The van der Waals surface area contributed by atoms with Crippen molar-refractivity contribution in [3.05, 3.63) is 45.9 Å². The number of carbonyl (C=O) groups is 1. The first-order chi connectivity index (χ1) is 10.6. The lowest BCUT2D eigenvalue weighted by Gasteiger charge is -2.12. The maximum atomic E-state index is 11.9. The second-order valence-electron chi connectivity index (χ2n) is 5.00. The van der Waals surface area contributed by atoms with E-state index in [0.717, 1.165) is 22.7 Å². The van der Waals surface area contributed by atoms with E-state index in [0.29, 0.717) is 6.54 Å². The van der Waals surface area contributed by atoms with E-state index in [1.54, 1.807) is 18.4 Å². The standard InChI is InChI=1S/C16H21N3O2S/c1-11-10-18-15(22-11)7-8-17-16(20)19-14-6-4-5-13(9-14)12(2)21-3/h4-6,9-10,12H,7-8H2,1-3H3,(H2,17,19,20)/t12-/m1/s1. The van der Waals surface area contributed by atoms with Crippen LogP contribution >= 0.6 is 11.3 Å². The molecule has 0 saturated heterocycles. The minimum Gasteiger partial charge on any atom is -0.377 e. The summed E-state index contributed by atoms with van der Waals surface area (Å²) in [5.74, 6) is 0. The zero-order valence-corrected chi connectivity index (χ0v) is 13.9. The number of aryl methyl sites for hydroxylation is 1. The molecule has 2 amide bonds. The van der Waals surface area contributed by atoms with E-state index in [9.17, 15) is 4.79 Å². The molecule has 6 heteroatoms. The Labute approximate surface area is 134 Å². The van der Waals surface area contributed by atoms with Gasteiger partial charge in [-0.2, -0.15) is 0 Å². The normalized spacial score (nSPS) is 12.0. The summed E-state index contributed by atoms with van der Waals surface area (Å²) in [4.78, 5) is 17.3. The van der Waals surface area contributed by atoms with Crippen molar-refractivity contribution >= 4 is 23.1 Å². The fraction of sp³-hybridized carbons (Fsp3) is 0.375. The summed E-state index contributed by atoms with van der Waals surface area (Å²) in [5, 5.41) is 6.70. The number of urea groups is 1. The van der Waals surface area contributed by atoms with Gasteiger partial charge in [-0.05, 0) is 31.5 Å². The van der Waals surface area contributed by atoms with Crippen molar-refractivity contribution in [1.82, 2.24) is 10.3 Å². The topological polar surface area (TPSA) is 63.2 Å². The molecule has 0 aliphatic heterocycles. The first-order valence-corrected chi connectivity index (χ1v) is 7.99. The number of nitrogens with zero attached hydrogens (tertiary/aromatic N) is 1. The molecular formula is C16H21N3O2S. The molecule has 1 aromatic heterocycles. The Bertz CT molecular complexity index is 627. The first-order valence-electron chi connectivity index (χ1n) is 7.17. The van der Waals surface area contributed by atoms with Crippen LogP contribution in [0.3, 0.4) is 0 Å². The van der Waals surface area contributed by atoms with Crippen molar-refractivity contribution in [3.8, 4) is 0 Å². The van der Waals surface area contributed by atoms with E-state index in [4.69, 9.17) is 4.74 Å². The number of methoxy groups -OCH3 is 1. The van der Waals surface area contributed by atoms with E-state index in [1.807, 2.05) is 44.3 Å². The Kier molecular flexibility index (Phi) is 5.91. The summed E-state index contributed by atoms with van der Waals surface area (Å²) in [6.07, 6.45) is 2.59. The number of anilines is 1. The highest BCUT2D eigenvalue weighted by atomic mass is 32.1. The van der Waals surface area contributed by atoms with Crippen LogP contribution in [0.4, 0.5) is 10.5 Å². The van der Waals surface area contributed by atoms with Gasteiger partial charge in [0.25, 0.3) is 0 Å². The van der Waals surface area contributed by atoms with E-state index < -0.39 is 0 Å². The van der Waals surface area contributed by atoms with Crippen LogP contribution < -0.4 is 10.6 Å². The van der Waals surface area contributed by atoms with Gasteiger partial charge >= 0.3 is 6.03 Å². The molecule has 0 bridgehead atoms. The van der Waals surface area contributed by atoms with Gasteiger partial charge in [-0.15, -0.1) is 11.3 Å².